The topological polar surface area (TPSA) is 33.2 Å². The Morgan fingerprint density at radius 1 is 1.16 bits per heavy atom. The molecular weight excluding hydrogens is 236 g/mol. The molecule has 104 valence electrons. The Morgan fingerprint density at radius 2 is 1.74 bits per heavy atom. The highest BCUT2D eigenvalue weighted by molar-refractivity contribution is 5.89. The summed E-state index contributed by atoms with van der Waals surface area (Å²) in [5, 5.41) is 0. The van der Waals surface area contributed by atoms with Gasteiger partial charge in [0.15, 0.2) is 5.78 Å². The van der Waals surface area contributed by atoms with Crippen molar-refractivity contribution in [2.45, 2.75) is 51.5 Å². The molecule has 19 heavy (non-hydrogen) atoms. The molecule has 1 aromatic rings. The van der Waals surface area contributed by atoms with E-state index in [2.05, 4.69) is 23.7 Å². The average molecular weight is 260 g/mol. The summed E-state index contributed by atoms with van der Waals surface area (Å²) >= 11 is 0. The fourth-order valence-corrected chi connectivity index (χ4v) is 2.71. The molecule has 0 spiro atoms. The number of hydrogen-bond acceptors (Lipinski definition) is 3. The van der Waals surface area contributed by atoms with Crippen molar-refractivity contribution in [3.05, 3.63) is 30.1 Å². The second-order valence-corrected chi connectivity index (χ2v) is 5.92. The average Bonchev–Trinajstić information content (AvgIpc) is 2.69. The predicted molar refractivity (Wildman–Crippen MR) is 77.1 cm³/mol. The van der Waals surface area contributed by atoms with E-state index in [9.17, 15) is 4.79 Å². The molecule has 0 radical (unpaired) electrons. The standard InChI is InChI=1S/C16H24N2O/c1-16(2,18-11-5-3-4-6-12-18)15(19)13-14-7-9-17-10-8-14/h7-10H,3-6,11-13H2,1-2H3. The van der Waals surface area contributed by atoms with E-state index < -0.39 is 0 Å². The number of hydrogen-bond donors (Lipinski definition) is 0. The first kappa shape index (κ1) is 14.2. The van der Waals surface area contributed by atoms with Crippen LogP contribution < -0.4 is 0 Å². The largest absolute Gasteiger partial charge is 0.297 e. The van der Waals surface area contributed by atoms with Crippen molar-refractivity contribution < 1.29 is 4.79 Å². The Labute approximate surface area is 116 Å². The molecule has 0 bridgehead atoms. The molecule has 3 nitrogen and oxygen atoms in total. The summed E-state index contributed by atoms with van der Waals surface area (Å²) in [6.07, 6.45) is 9.03. The maximum atomic E-state index is 12.6. The second-order valence-electron chi connectivity index (χ2n) is 5.92. The fraction of sp³-hybridized carbons (Fsp3) is 0.625. The molecular formula is C16H24N2O. The Kier molecular flexibility index (Phi) is 4.70. The number of rotatable bonds is 4. The first-order valence-corrected chi connectivity index (χ1v) is 7.28. The normalized spacial score (nSPS) is 18.0. The number of carbonyl (C=O) groups excluding carboxylic acids is 1. The molecule has 0 amide bonds. The quantitative estimate of drug-likeness (QED) is 0.834. The third-order valence-electron chi connectivity index (χ3n) is 4.19. The van der Waals surface area contributed by atoms with E-state index in [1.54, 1.807) is 12.4 Å². The van der Waals surface area contributed by atoms with E-state index in [1.165, 1.54) is 25.7 Å². The SMILES string of the molecule is CC(C)(C(=O)Cc1ccncc1)N1CCCCCC1. The second kappa shape index (κ2) is 6.29. The molecule has 1 aliphatic rings. The highest BCUT2D eigenvalue weighted by Crippen LogP contribution is 2.22. The van der Waals surface area contributed by atoms with E-state index in [1.807, 2.05) is 12.1 Å². The molecule has 1 fully saturated rings. The van der Waals surface area contributed by atoms with Gasteiger partial charge in [-0.05, 0) is 57.5 Å². The summed E-state index contributed by atoms with van der Waals surface area (Å²) in [4.78, 5) is 18.9. The van der Waals surface area contributed by atoms with Crippen LogP contribution in [0, 0.1) is 0 Å². The van der Waals surface area contributed by atoms with Gasteiger partial charge in [-0.15, -0.1) is 0 Å². The molecule has 3 heteroatoms. The van der Waals surface area contributed by atoms with Crippen LogP contribution in [0.15, 0.2) is 24.5 Å². The molecule has 0 N–H and O–H groups in total. The third kappa shape index (κ3) is 3.63. The molecule has 2 rings (SSSR count). The molecule has 1 aromatic heterocycles. The monoisotopic (exact) mass is 260 g/mol. The van der Waals surface area contributed by atoms with Crippen molar-refractivity contribution in [3.63, 3.8) is 0 Å². The summed E-state index contributed by atoms with van der Waals surface area (Å²) in [5.41, 5.74) is 0.705. The molecule has 0 unspecified atom stereocenters. The lowest BCUT2D eigenvalue weighted by molar-refractivity contribution is -0.128. The first-order chi connectivity index (χ1) is 9.10. The maximum absolute atomic E-state index is 12.6. The summed E-state index contributed by atoms with van der Waals surface area (Å²) in [6, 6.07) is 3.85. The van der Waals surface area contributed by atoms with Gasteiger partial charge in [0.05, 0.1) is 5.54 Å². The highest BCUT2D eigenvalue weighted by Gasteiger charge is 2.33. The lowest BCUT2D eigenvalue weighted by atomic mass is 9.91. The van der Waals surface area contributed by atoms with E-state index in [0.717, 1.165) is 18.7 Å². The van der Waals surface area contributed by atoms with E-state index in [-0.39, 0.29) is 5.54 Å². The number of aromatic nitrogens is 1. The Morgan fingerprint density at radius 3 is 2.32 bits per heavy atom. The maximum Gasteiger partial charge on any atom is 0.156 e. The summed E-state index contributed by atoms with van der Waals surface area (Å²) < 4.78 is 0. The van der Waals surface area contributed by atoms with Gasteiger partial charge in [-0.2, -0.15) is 0 Å². The molecule has 0 aliphatic carbocycles. The van der Waals surface area contributed by atoms with Crippen molar-refractivity contribution in [2.24, 2.45) is 0 Å². The van der Waals surface area contributed by atoms with Crippen LogP contribution in [0.1, 0.15) is 45.1 Å². The molecule has 1 saturated heterocycles. The Balaban J connectivity index is 2.03. The van der Waals surface area contributed by atoms with Crippen LogP contribution in [0.5, 0.6) is 0 Å². The van der Waals surface area contributed by atoms with Gasteiger partial charge in [0.2, 0.25) is 0 Å². The van der Waals surface area contributed by atoms with E-state index >= 15 is 0 Å². The first-order valence-electron chi connectivity index (χ1n) is 7.28. The molecule has 0 aromatic carbocycles. The van der Waals surface area contributed by atoms with Crippen LogP contribution in [0.2, 0.25) is 0 Å². The summed E-state index contributed by atoms with van der Waals surface area (Å²) in [5.74, 6) is 0.306. The van der Waals surface area contributed by atoms with E-state index in [4.69, 9.17) is 0 Å². The van der Waals surface area contributed by atoms with Crippen LogP contribution in [-0.4, -0.2) is 34.3 Å². The number of nitrogens with zero attached hydrogens (tertiary/aromatic N) is 2. The molecule has 2 heterocycles. The highest BCUT2D eigenvalue weighted by atomic mass is 16.1. The number of likely N-dealkylation sites (tertiary alicyclic amines) is 1. The molecule has 1 aliphatic heterocycles. The number of Topliss-reactive ketones (excluding diaryl/α,β-unsaturated/α-hetero) is 1. The molecule has 0 saturated carbocycles. The van der Waals surface area contributed by atoms with Crippen molar-refractivity contribution in [1.29, 1.82) is 0 Å². The fourth-order valence-electron chi connectivity index (χ4n) is 2.71. The van der Waals surface area contributed by atoms with Crippen molar-refractivity contribution in [2.75, 3.05) is 13.1 Å². The third-order valence-corrected chi connectivity index (χ3v) is 4.19. The van der Waals surface area contributed by atoms with Crippen molar-refractivity contribution in [3.8, 4) is 0 Å². The van der Waals surface area contributed by atoms with Gasteiger partial charge in [-0.3, -0.25) is 14.7 Å². The Hall–Kier alpha value is -1.22. The van der Waals surface area contributed by atoms with Crippen LogP contribution in [-0.2, 0) is 11.2 Å². The number of ketones is 1. The van der Waals surface area contributed by atoms with Crippen molar-refractivity contribution in [1.82, 2.24) is 9.88 Å². The Bertz CT molecular complexity index is 406. The molecule has 0 atom stereocenters. The van der Waals surface area contributed by atoms with Gasteiger partial charge in [0, 0.05) is 18.8 Å². The van der Waals surface area contributed by atoms with Gasteiger partial charge in [0.1, 0.15) is 0 Å². The van der Waals surface area contributed by atoms with E-state index in [0.29, 0.717) is 12.2 Å². The minimum absolute atomic E-state index is 0.306. The lowest BCUT2D eigenvalue weighted by Crippen LogP contribution is -2.51. The van der Waals surface area contributed by atoms with Gasteiger partial charge < -0.3 is 0 Å². The summed E-state index contributed by atoms with van der Waals surface area (Å²) in [7, 11) is 0. The number of carbonyl (C=O) groups is 1. The number of pyridine rings is 1. The zero-order valence-corrected chi connectivity index (χ0v) is 12.1. The van der Waals surface area contributed by atoms with Crippen LogP contribution in [0.4, 0.5) is 0 Å². The predicted octanol–water partition coefficient (Wildman–Crippen LogP) is 2.85. The van der Waals surface area contributed by atoms with Gasteiger partial charge >= 0.3 is 0 Å². The van der Waals surface area contributed by atoms with Crippen LogP contribution >= 0.6 is 0 Å². The minimum Gasteiger partial charge on any atom is -0.297 e. The lowest BCUT2D eigenvalue weighted by Gasteiger charge is -2.36. The van der Waals surface area contributed by atoms with Gasteiger partial charge in [0.25, 0.3) is 0 Å². The zero-order chi connectivity index (χ0) is 13.7. The van der Waals surface area contributed by atoms with Crippen LogP contribution in [0.3, 0.4) is 0 Å². The van der Waals surface area contributed by atoms with Gasteiger partial charge in [-0.25, -0.2) is 0 Å². The smallest absolute Gasteiger partial charge is 0.156 e. The van der Waals surface area contributed by atoms with Crippen molar-refractivity contribution >= 4 is 5.78 Å². The van der Waals surface area contributed by atoms with Crippen LogP contribution in [0.25, 0.3) is 0 Å². The summed E-state index contributed by atoms with van der Waals surface area (Å²) in [6.45, 7) is 6.24. The minimum atomic E-state index is -0.354. The zero-order valence-electron chi connectivity index (χ0n) is 12.1. The van der Waals surface area contributed by atoms with Gasteiger partial charge in [-0.1, -0.05) is 12.8 Å².